The van der Waals surface area contributed by atoms with E-state index in [1.807, 2.05) is 0 Å². The van der Waals surface area contributed by atoms with Gasteiger partial charge in [-0.25, -0.2) is 4.98 Å². The summed E-state index contributed by atoms with van der Waals surface area (Å²) in [6, 6.07) is 0.599. The van der Waals surface area contributed by atoms with Crippen LogP contribution in [-0.4, -0.2) is 27.8 Å². The quantitative estimate of drug-likeness (QED) is 0.812. The Bertz CT molecular complexity index is 361. The van der Waals surface area contributed by atoms with Crippen molar-refractivity contribution in [2.75, 3.05) is 6.54 Å². The monoisotopic (exact) mass is 220 g/mol. The fraction of sp³-hybridized carbons (Fsp3) is 0.833. The normalized spacial score (nSPS) is 27.9. The van der Waals surface area contributed by atoms with Crippen LogP contribution >= 0.6 is 0 Å². The van der Waals surface area contributed by atoms with E-state index in [4.69, 9.17) is 0 Å². The number of aromatic nitrogens is 3. The lowest BCUT2D eigenvalue weighted by molar-refractivity contribution is 0.394. The van der Waals surface area contributed by atoms with Crippen molar-refractivity contribution in [2.45, 2.75) is 56.9 Å². The van der Waals surface area contributed by atoms with Crippen LogP contribution in [0.3, 0.4) is 0 Å². The van der Waals surface area contributed by atoms with Crippen LogP contribution in [0.25, 0.3) is 0 Å². The summed E-state index contributed by atoms with van der Waals surface area (Å²) in [5, 5.41) is 11.0. The van der Waals surface area contributed by atoms with Crippen molar-refractivity contribution in [3.63, 3.8) is 0 Å². The first-order chi connectivity index (χ1) is 7.76. The Hall–Kier alpha value is -0.900. The van der Waals surface area contributed by atoms with Crippen LogP contribution in [0.4, 0.5) is 0 Å². The van der Waals surface area contributed by atoms with Crippen molar-refractivity contribution < 1.29 is 0 Å². The van der Waals surface area contributed by atoms with Gasteiger partial charge in [0.1, 0.15) is 5.82 Å². The summed E-state index contributed by atoms with van der Waals surface area (Å²) in [4.78, 5) is 4.63. The molecule has 0 aromatic carbocycles. The Kier molecular flexibility index (Phi) is 2.46. The van der Waals surface area contributed by atoms with E-state index in [1.165, 1.54) is 32.1 Å². The molecule has 3 rings (SSSR count). The van der Waals surface area contributed by atoms with Crippen molar-refractivity contribution in [3.8, 4) is 0 Å². The van der Waals surface area contributed by atoms with E-state index in [0.717, 1.165) is 24.6 Å². The summed E-state index contributed by atoms with van der Waals surface area (Å²) in [7, 11) is 0. The van der Waals surface area contributed by atoms with Crippen LogP contribution in [0.2, 0.25) is 0 Å². The lowest BCUT2D eigenvalue weighted by Crippen LogP contribution is -2.35. The number of rotatable bonds is 3. The summed E-state index contributed by atoms with van der Waals surface area (Å²) in [6.07, 6.45) is 7.42. The molecule has 4 nitrogen and oxygen atoms in total. The van der Waals surface area contributed by atoms with Crippen molar-refractivity contribution in [3.05, 3.63) is 11.6 Å². The number of hydrogen-bond acceptors (Lipinski definition) is 3. The van der Waals surface area contributed by atoms with Gasteiger partial charge in [-0.1, -0.05) is 13.3 Å². The van der Waals surface area contributed by atoms with Gasteiger partial charge in [0.2, 0.25) is 0 Å². The Labute approximate surface area is 96.2 Å². The van der Waals surface area contributed by atoms with Gasteiger partial charge >= 0.3 is 0 Å². The predicted molar refractivity (Wildman–Crippen MR) is 62.3 cm³/mol. The molecular formula is C12H20N4. The van der Waals surface area contributed by atoms with Crippen LogP contribution in [0, 0.1) is 0 Å². The Morgan fingerprint density at radius 2 is 2.25 bits per heavy atom. The second kappa shape index (κ2) is 3.84. The van der Waals surface area contributed by atoms with E-state index >= 15 is 0 Å². The summed E-state index contributed by atoms with van der Waals surface area (Å²) in [5.41, 5.74) is 0.286. The molecule has 1 atom stereocenters. The smallest absolute Gasteiger partial charge is 0.156 e. The van der Waals surface area contributed by atoms with E-state index in [0.29, 0.717) is 6.04 Å². The molecular weight excluding hydrogens is 200 g/mol. The van der Waals surface area contributed by atoms with Crippen molar-refractivity contribution in [1.82, 2.24) is 20.5 Å². The number of hydrogen-bond donors (Lipinski definition) is 2. The van der Waals surface area contributed by atoms with Gasteiger partial charge in [-0.2, -0.15) is 5.10 Å². The number of aromatic amines is 1. The summed E-state index contributed by atoms with van der Waals surface area (Å²) >= 11 is 0. The molecule has 2 heterocycles. The predicted octanol–water partition coefficient (Wildman–Crippen LogP) is 1.54. The first kappa shape index (κ1) is 10.3. The minimum atomic E-state index is 0.286. The van der Waals surface area contributed by atoms with E-state index in [-0.39, 0.29) is 5.41 Å². The fourth-order valence-electron chi connectivity index (χ4n) is 2.40. The van der Waals surface area contributed by atoms with Crippen molar-refractivity contribution >= 4 is 0 Å². The first-order valence-electron chi connectivity index (χ1n) is 6.41. The average Bonchev–Trinajstić information content (AvgIpc) is 2.88. The highest BCUT2D eigenvalue weighted by Crippen LogP contribution is 2.45. The third-order valence-electron chi connectivity index (χ3n) is 3.92. The van der Waals surface area contributed by atoms with E-state index < -0.39 is 0 Å². The Balaban J connectivity index is 1.63. The maximum Gasteiger partial charge on any atom is 0.156 e. The zero-order chi connectivity index (χ0) is 11.0. The minimum absolute atomic E-state index is 0.286. The summed E-state index contributed by atoms with van der Waals surface area (Å²) in [6.45, 7) is 3.40. The molecule has 2 fully saturated rings. The van der Waals surface area contributed by atoms with Gasteiger partial charge in [-0.3, -0.25) is 5.10 Å². The zero-order valence-corrected chi connectivity index (χ0v) is 9.92. The third kappa shape index (κ3) is 1.98. The molecule has 88 valence electrons. The van der Waals surface area contributed by atoms with E-state index in [9.17, 15) is 0 Å². The van der Waals surface area contributed by atoms with Gasteiger partial charge in [0.05, 0.1) is 0 Å². The lowest BCUT2D eigenvalue weighted by atomic mass is 10.0. The molecule has 0 bridgehead atoms. The summed E-state index contributed by atoms with van der Waals surface area (Å²) < 4.78 is 0. The van der Waals surface area contributed by atoms with E-state index in [2.05, 4.69) is 27.4 Å². The van der Waals surface area contributed by atoms with Gasteiger partial charge in [0.25, 0.3) is 0 Å². The lowest BCUT2D eigenvalue weighted by Gasteiger charge is -2.22. The van der Waals surface area contributed by atoms with Crippen LogP contribution in [-0.2, 0) is 11.8 Å². The Morgan fingerprint density at radius 1 is 1.38 bits per heavy atom. The Morgan fingerprint density at radius 3 is 2.94 bits per heavy atom. The SMILES string of the molecule is CC1(c2n[nH]c(CC3CCCCN3)n2)CC1. The van der Waals surface area contributed by atoms with Crippen LogP contribution in [0.15, 0.2) is 0 Å². The van der Waals surface area contributed by atoms with Crippen LogP contribution in [0.1, 0.15) is 50.7 Å². The molecule has 0 radical (unpaired) electrons. The van der Waals surface area contributed by atoms with Gasteiger partial charge in [0, 0.05) is 17.9 Å². The zero-order valence-electron chi connectivity index (χ0n) is 9.92. The highest BCUT2D eigenvalue weighted by atomic mass is 15.2. The molecule has 1 unspecified atom stereocenters. The van der Waals surface area contributed by atoms with Gasteiger partial charge < -0.3 is 5.32 Å². The minimum Gasteiger partial charge on any atom is -0.314 e. The molecule has 2 N–H and O–H groups in total. The largest absolute Gasteiger partial charge is 0.314 e. The van der Waals surface area contributed by atoms with Crippen LogP contribution in [0.5, 0.6) is 0 Å². The number of piperidine rings is 1. The van der Waals surface area contributed by atoms with E-state index in [1.54, 1.807) is 0 Å². The molecule has 16 heavy (non-hydrogen) atoms. The molecule has 1 aromatic heterocycles. The fourth-order valence-corrected chi connectivity index (χ4v) is 2.40. The van der Waals surface area contributed by atoms with Crippen molar-refractivity contribution in [1.29, 1.82) is 0 Å². The van der Waals surface area contributed by atoms with Gasteiger partial charge in [-0.15, -0.1) is 0 Å². The highest BCUT2D eigenvalue weighted by Gasteiger charge is 2.42. The topological polar surface area (TPSA) is 53.6 Å². The molecule has 1 aromatic rings. The molecule has 4 heteroatoms. The number of H-pyrrole nitrogens is 1. The highest BCUT2D eigenvalue weighted by molar-refractivity contribution is 5.15. The molecule has 2 aliphatic rings. The second-order valence-electron chi connectivity index (χ2n) is 5.52. The second-order valence-corrected chi connectivity index (χ2v) is 5.52. The van der Waals surface area contributed by atoms with Crippen LogP contribution < -0.4 is 5.32 Å². The standard InChI is InChI=1S/C12H20N4/c1-12(5-6-12)11-14-10(15-16-11)8-9-4-2-3-7-13-9/h9,13H,2-8H2,1H3,(H,14,15,16). The maximum absolute atomic E-state index is 4.63. The maximum atomic E-state index is 4.63. The molecule has 0 amide bonds. The summed E-state index contributed by atoms with van der Waals surface area (Å²) in [5.74, 6) is 2.08. The third-order valence-corrected chi connectivity index (χ3v) is 3.92. The van der Waals surface area contributed by atoms with Gasteiger partial charge in [-0.05, 0) is 32.2 Å². The first-order valence-corrected chi connectivity index (χ1v) is 6.41. The molecule has 1 saturated carbocycles. The number of nitrogens with one attached hydrogen (secondary N) is 2. The van der Waals surface area contributed by atoms with Gasteiger partial charge in [0.15, 0.2) is 5.82 Å². The number of nitrogens with zero attached hydrogens (tertiary/aromatic N) is 2. The molecule has 0 spiro atoms. The molecule has 1 aliphatic heterocycles. The molecule has 1 aliphatic carbocycles. The molecule has 1 saturated heterocycles. The van der Waals surface area contributed by atoms with Crippen molar-refractivity contribution in [2.24, 2.45) is 0 Å². The average molecular weight is 220 g/mol.